The molecule has 2 rings (SSSR count). The first-order chi connectivity index (χ1) is 10.6. The highest BCUT2D eigenvalue weighted by Crippen LogP contribution is 2.02. The molecule has 0 amide bonds. The molecule has 0 aliphatic carbocycles. The van der Waals surface area contributed by atoms with Crippen LogP contribution in [-0.2, 0) is 6.42 Å². The molecule has 0 radical (unpaired) electrons. The zero-order valence-corrected chi connectivity index (χ0v) is 14.3. The van der Waals surface area contributed by atoms with Gasteiger partial charge in [0.1, 0.15) is 0 Å². The van der Waals surface area contributed by atoms with Crippen LogP contribution in [0.4, 0.5) is 0 Å². The lowest BCUT2D eigenvalue weighted by molar-refractivity contribution is 0.202. The summed E-state index contributed by atoms with van der Waals surface area (Å²) in [7, 11) is 6.65. The molecule has 0 bridgehead atoms. The number of nitrogens with one attached hydrogen (secondary N) is 1. The second-order valence-electron chi connectivity index (χ2n) is 6.55. The van der Waals surface area contributed by atoms with Crippen molar-refractivity contribution in [3.05, 3.63) is 30.1 Å². The third-order valence-corrected chi connectivity index (χ3v) is 4.37. The van der Waals surface area contributed by atoms with Gasteiger partial charge >= 0.3 is 0 Å². The van der Waals surface area contributed by atoms with E-state index in [4.69, 9.17) is 0 Å². The summed E-state index contributed by atoms with van der Waals surface area (Å²) >= 11 is 0. The van der Waals surface area contributed by atoms with Crippen molar-refractivity contribution in [2.75, 3.05) is 67.0 Å². The summed E-state index contributed by atoms with van der Waals surface area (Å²) in [6.07, 6.45) is 2.88. The molecular weight excluding hydrogens is 274 g/mol. The maximum Gasteiger partial charge on any atom is 0.0419 e. The van der Waals surface area contributed by atoms with Crippen LogP contribution in [0, 0.1) is 0 Å². The van der Waals surface area contributed by atoms with E-state index in [0.29, 0.717) is 6.04 Å². The molecule has 5 nitrogen and oxygen atoms in total. The molecule has 2 heterocycles. The normalized spacial score (nSPS) is 24.6. The fourth-order valence-corrected chi connectivity index (χ4v) is 2.81. The lowest BCUT2D eigenvalue weighted by atomic mass is 10.1. The van der Waals surface area contributed by atoms with E-state index < -0.39 is 0 Å². The zero-order valence-electron chi connectivity index (χ0n) is 14.3. The maximum atomic E-state index is 4.48. The van der Waals surface area contributed by atoms with Gasteiger partial charge in [-0.05, 0) is 33.3 Å². The molecule has 124 valence electrons. The highest BCUT2D eigenvalue weighted by atomic mass is 15.2. The number of hydrogen-bond donors (Lipinski definition) is 1. The predicted octanol–water partition coefficient (Wildman–Crippen LogP) is 0.391. The Bertz CT molecular complexity index is 411. The van der Waals surface area contributed by atoms with Crippen LogP contribution in [0.2, 0.25) is 0 Å². The molecular formula is C17H31N5. The van der Waals surface area contributed by atoms with Gasteiger partial charge in [-0.15, -0.1) is 0 Å². The molecule has 1 unspecified atom stereocenters. The predicted molar refractivity (Wildman–Crippen MR) is 92.2 cm³/mol. The van der Waals surface area contributed by atoms with E-state index in [1.807, 2.05) is 12.3 Å². The van der Waals surface area contributed by atoms with Gasteiger partial charge in [-0.2, -0.15) is 0 Å². The molecule has 0 aromatic carbocycles. The van der Waals surface area contributed by atoms with Crippen LogP contribution < -0.4 is 5.32 Å². The van der Waals surface area contributed by atoms with Crippen molar-refractivity contribution in [2.45, 2.75) is 12.5 Å². The summed E-state index contributed by atoms with van der Waals surface area (Å²) in [6.45, 7) is 7.70. The molecule has 1 aliphatic heterocycles. The molecule has 1 aliphatic rings. The van der Waals surface area contributed by atoms with Gasteiger partial charge in [0.25, 0.3) is 0 Å². The molecule has 1 aromatic rings. The summed E-state index contributed by atoms with van der Waals surface area (Å²) < 4.78 is 0. The average Bonchev–Trinajstić information content (AvgIpc) is 2.51. The number of aromatic nitrogens is 1. The lowest BCUT2D eigenvalue weighted by Gasteiger charge is -2.30. The lowest BCUT2D eigenvalue weighted by Crippen LogP contribution is -2.47. The summed E-state index contributed by atoms with van der Waals surface area (Å²) in [5.41, 5.74) is 1.17. The smallest absolute Gasteiger partial charge is 0.0419 e. The second-order valence-corrected chi connectivity index (χ2v) is 6.55. The third-order valence-electron chi connectivity index (χ3n) is 4.37. The van der Waals surface area contributed by atoms with Crippen LogP contribution in [0.5, 0.6) is 0 Å². The van der Waals surface area contributed by atoms with E-state index in [1.54, 1.807) is 0 Å². The minimum Gasteiger partial charge on any atom is -0.311 e. The Labute approximate surface area is 135 Å². The van der Waals surface area contributed by atoms with Crippen molar-refractivity contribution >= 4 is 0 Å². The highest BCUT2D eigenvalue weighted by Gasteiger charge is 2.14. The molecule has 22 heavy (non-hydrogen) atoms. The van der Waals surface area contributed by atoms with Gasteiger partial charge < -0.3 is 20.0 Å². The molecule has 1 fully saturated rings. The third kappa shape index (κ3) is 6.40. The Hall–Kier alpha value is -1.01. The Morgan fingerprint density at radius 3 is 2.36 bits per heavy atom. The van der Waals surface area contributed by atoms with E-state index in [1.165, 1.54) is 5.69 Å². The average molecular weight is 305 g/mol. The molecule has 1 atom stereocenters. The van der Waals surface area contributed by atoms with Gasteiger partial charge in [-0.1, -0.05) is 6.07 Å². The van der Waals surface area contributed by atoms with Crippen molar-refractivity contribution in [1.82, 2.24) is 25.0 Å². The first kappa shape index (κ1) is 17.3. The van der Waals surface area contributed by atoms with Crippen LogP contribution in [0.25, 0.3) is 0 Å². The first-order valence-corrected chi connectivity index (χ1v) is 8.32. The molecule has 5 heteroatoms. The molecule has 0 spiro atoms. The number of rotatable bonds is 2. The highest BCUT2D eigenvalue weighted by molar-refractivity contribution is 5.05. The summed E-state index contributed by atoms with van der Waals surface area (Å²) in [4.78, 5) is 11.7. The van der Waals surface area contributed by atoms with Gasteiger partial charge in [0.05, 0.1) is 0 Å². The summed E-state index contributed by atoms with van der Waals surface area (Å²) in [5, 5.41) is 3.72. The van der Waals surface area contributed by atoms with Gasteiger partial charge in [0, 0.05) is 70.2 Å². The van der Waals surface area contributed by atoms with E-state index in [-0.39, 0.29) is 0 Å². The Morgan fingerprint density at radius 1 is 1.00 bits per heavy atom. The van der Waals surface area contributed by atoms with E-state index in [9.17, 15) is 0 Å². The van der Waals surface area contributed by atoms with Gasteiger partial charge in [0.2, 0.25) is 0 Å². The Balaban J connectivity index is 1.94. The second kappa shape index (κ2) is 9.20. The van der Waals surface area contributed by atoms with E-state index in [2.05, 4.69) is 58.3 Å². The molecule has 1 saturated heterocycles. The van der Waals surface area contributed by atoms with Crippen molar-refractivity contribution in [3.8, 4) is 0 Å². The van der Waals surface area contributed by atoms with Gasteiger partial charge in [0.15, 0.2) is 0 Å². The van der Waals surface area contributed by atoms with E-state index in [0.717, 1.165) is 52.2 Å². The van der Waals surface area contributed by atoms with Crippen molar-refractivity contribution < 1.29 is 0 Å². The SMILES string of the molecule is CN1CCNC(Cc2ccccn2)CN(C)CCN(C)CC1. The molecule has 1 N–H and O–H groups in total. The largest absolute Gasteiger partial charge is 0.311 e. The number of likely N-dealkylation sites (N-methyl/N-ethyl adjacent to an activating group) is 3. The quantitative estimate of drug-likeness (QED) is 0.855. The number of hydrogen-bond acceptors (Lipinski definition) is 5. The summed E-state index contributed by atoms with van der Waals surface area (Å²) in [5.74, 6) is 0. The topological polar surface area (TPSA) is 34.6 Å². The van der Waals surface area contributed by atoms with E-state index >= 15 is 0 Å². The number of nitrogens with zero attached hydrogens (tertiary/aromatic N) is 4. The fourth-order valence-electron chi connectivity index (χ4n) is 2.81. The molecule has 1 aromatic heterocycles. The van der Waals surface area contributed by atoms with Crippen LogP contribution >= 0.6 is 0 Å². The standard InChI is InChI=1S/C17H31N5/c1-20-9-8-19-17(14-16-6-4-5-7-18-16)15-22(3)13-12-21(2)11-10-20/h4-7,17,19H,8-15H2,1-3H3. The van der Waals surface area contributed by atoms with Crippen molar-refractivity contribution in [2.24, 2.45) is 0 Å². The van der Waals surface area contributed by atoms with Crippen LogP contribution in [0.15, 0.2) is 24.4 Å². The number of pyridine rings is 1. The van der Waals surface area contributed by atoms with Crippen molar-refractivity contribution in [1.29, 1.82) is 0 Å². The van der Waals surface area contributed by atoms with Gasteiger partial charge in [-0.3, -0.25) is 4.98 Å². The van der Waals surface area contributed by atoms with Gasteiger partial charge in [-0.25, -0.2) is 0 Å². The molecule has 0 saturated carbocycles. The van der Waals surface area contributed by atoms with Crippen LogP contribution in [-0.4, -0.2) is 92.7 Å². The summed E-state index contributed by atoms with van der Waals surface area (Å²) in [6, 6.07) is 6.63. The fraction of sp³-hybridized carbons (Fsp3) is 0.706. The Morgan fingerprint density at radius 2 is 1.68 bits per heavy atom. The Kier molecular flexibility index (Phi) is 7.25. The minimum absolute atomic E-state index is 0.457. The first-order valence-electron chi connectivity index (χ1n) is 8.32. The van der Waals surface area contributed by atoms with Crippen molar-refractivity contribution in [3.63, 3.8) is 0 Å². The minimum atomic E-state index is 0.457. The monoisotopic (exact) mass is 305 g/mol. The van der Waals surface area contributed by atoms with Crippen LogP contribution in [0.3, 0.4) is 0 Å². The maximum absolute atomic E-state index is 4.48. The zero-order chi connectivity index (χ0) is 15.8. The van der Waals surface area contributed by atoms with Crippen LogP contribution in [0.1, 0.15) is 5.69 Å².